The molecule has 6 heteroatoms. The second-order valence-corrected chi connectivity index (χ2v) is 6.38. The molecule has 0 spiro atoms. The lowest BCUT2D eigenvalue weighted by molar-refractivity contribution is -0.138. The molecule has 2 N–H and O–H groups in total. The predicted molar refractivity (Wildman–Crippen MR) is 76.3 cm³/mol. The van der Waals surface area contributed by atoms with Crippen LogP contribution >= 0.6 is 0 Å². The number of amides is 1. The van der Waals surface area contributed by atoms with Gasteiger partial charge >= 0.3 is 5.97 Å². The molecule has 1 aromatic carbocycles. The zero-order valence-electron chi connectivity index (χ0n) is 12.5. The number of nitrogens with one attached hydrogen (secondary N) is 1. The van der Waals surface area contributed by atoms with Crippen LogP contribution in [0.4, 0.5) is 8.78 Å². The number of hydrogen-bond donors (Lipinski definition) is 2. The lowest BCUT2D eigenvalue weighted by Crippen LogP contribution is -2.44. The second kappa shape index (κ2) is 6.02. The summed E-state index contributed by atoms with van der Waals surface area (Å²) in [4.78, 5) is 22.8. The summed E-state index contributed by atoms with van der Waals surface area (Å²) in [5, 5.41) is 11.5. The van der Waals surface area contributed by atoms with E-state index in [1.54, 1.807) is 13.8 Å². The highest BCUT2D eigenvalue weighted by molar-refractivity contribution is 5.83. The van der Waals surface area contributed by atoms with Crippen molar-refractivity contribution in [1.29, 1.82) is 0 Å². The molecular weight excluding hydrogens is 292 g/mol. The van der Waals surface area contributed by atoms with E-state index < -0.39 is 23.1 Å². The molecule has 0 aliphatic heterocycles. The second-order valence-electron chi connectivity index (χ2n) is 6.38. The molecule has 1 fully saturated rings. The van der Waals surface area contributed by atoms with Gasteiger partial charge in [0, 0.05) is 17.9 Å². The number of halogens is 2. The van der Waals surface area contributed by atoms with Crippen LogP contribution in [0.5, 0.6) is 0 Å². The van der Waals surface area contributed by atoms with Gasteiger partial charge in [0.1, 0.15) is 11.6 Å². The van der Waals surface area contributed by atoms with Gasteiger partial charge in [0.25, 0.3) is 0 Å². The van der Waals surface area contributed by atoms with Gasteiger partial charge in [-0.15, -0.1) is 0 Å². The van der Waals surface area contributed by atoms with Crippen LogP contribution in [0.25, 0.3) is 0 Å². The largest absolute Gasteiger partial charge is 0.481 e. The van der Waals surface area contributed by atoms with Crippen molar-refractivity contribution in [2.45, 2.75) is 44.6 Å². The van der Waals surface area contributed by atoms with Gasteiger partial charge in [-0.2, -0.15) is 0 Å². The van der Waals surface area contributed by atoms with Crippen molar-refractivity contribution in [3.05, 3.63) is 35.4 Å². The SMILES string of the molecule is CC(C)(CCC(=O)O)NC(=O)C1CC1c1cc(F)ccc1F. The van der Waals surface area contributed by atoms with Gasteiger partial charge in [-0.25, -0.2) is 8.78 Å². The highest BCUT2D eigenvalue weighted by atomic mass is 19.1. The molecule has 1 aromatic rings. The molecular formula is C16H19F2NO3. The van der Waals surface area contributed by atoms with Crippen molar-refractivity contribution < 1.29 is 23.5 Å². The summed E-state index contributed by atoms with van der Waals surface area (Å²) in [6, 6.07) is 3.24. The molecule has 22 heavy (non-hydrogen) atoms. The fourth-order valence-corrected chi connectivity index (χ4v) is 2.54. The van der Waals surface area contributed by atoms with Crippen molar-refractivity contribution in [3.8, 4) is 0 Å². The van der Waals surface area contributed by atoms with Crippen molar-refractivity contribution in [2.75, 3.05) is 0 Å². The molecule has 0 heterocycles. The third-order valence-corrected chi connectivity index (χ3v) is 3.91. The quantitative estimate of drug-likeness (QED) is 0.849. The van der Waals surface area contributed by atoms with E-state index in [9.17, 15) is 18.4 Å². The summed E-state index contributed by atoms with van der Waals surface area (Å²) in [5.74, 6) is -2.90. The molecule has 2 rings (SSSR count). The summed E-state index contributed by atoms with van der Waals surface area (Å²) < 4.78 is 26.9. The fraction of sp³-hybridized carbons (Fsp3) is 0.500. The van der Waals surface area contributed by atoms with Crippen molar-refractivity contribution in [1.82, 2.24) is 5.32 Å². The molecule has 1 saturated carbocycles. The number of carboxylic acid groups (broad SMARTS) is 1. The molecule has 120 valence electrons. The summed E-state index contributed by atoms with van der Waals surface area (Å²) in [6.45, 7) is 3.49. The minimum atomic E-state index is -0.923. The molecule has 2 unspecified atom stereocenters. The van der Waals surface area contributed by atoms with E-state index in [2.05, 4.69) is 5.32 Å². The van der Waals surface area contributed by atoms with E-state index in [1.807, 2.05) is 0 Å². The summed E-state index contributed by atoms with van der Waals surface area (Å²) in [6.07, 6.45) is 0.737. The Morgan fingerprint density at radius 2 is 2.05 bits per heavy atom. The molecule has 1 aliphatic carbocycles. The standard InChI is InChI=1S/C16H19F2NO3/c1-16(2,6-5-14(20)21)19-15(22)12-8-10(12)11-7-9(17)3-4-13(11)18/h3-4,7,10,12H,5-6,8H2,1-2H3,(H,19,22)(H,20,21). The smallest absolute Gasteiger partial charge is 0.303 e. The number of carboxylic acids is 1. The minimum absolute atomic E-state index is 0.0418. The molecule has 0 bridgehead atoms. The number of carbonyl (C=O) groups excluding carboxylic acids is 1. The zero-order chi connectivity index (χ0) is 16.5. The predicted octanol–water partition coefficient (Wildman–Crippen LogP) is 2.83. The Morgan fingerprint density at radius 3 is 2.68 bits per heavy atom. The van der Waals surface area contributed by atoms with Crippen LogP contribution in [0.15, 0.2) is 18.2 Å². The summed E-state index contributed by atoms with van der Waals surface area (Å²) in [5.41, 5.74) is -0.424. The number of aliphatic carboxylic acids is 1. The van der Waals surface area contributed by atoms with Crippen LogP contribution in [0, 0.1) is 17.6 Å². The molecule has 0 radical (unpaired) electrons. The third kappa shape index (κ3) is 4.02. The van der Waals surface area contributed by atoms with Crippen molar-refractivity contribution in [2.24, 2.45) is 5.92 Å². The molecule has 1 aliphatic rings. The van der Waals surface area contributed by atoms with E-state index in [4.69, 9.17) is 5.11 Å². The Balaban J connectivity index is 1.96. The van der Waals surface area contributed by atoms with Gasteiger partial charge in [-0.05, 0) is 56.4 Å². The maximum atomic E-state index is 13.7. The highest BCUT2D eigenvalue weighted by Gasteiger charge is 2.46. The topological polar surface area (TPSA) is 66.4 Å². The fourth-order valence-electron chi connectivity index (χ4n) is 2.54. The molecule has 0 saturated heterocycles. The first-order valence-electron chi connectivity index (χ1n) is 7.18. The first kappa shape index (κ1) is 16.4. The van der Waals surface area contributed by atoms with Gasteiger partial charge in [0.2, 0.25) is 5.91 Å². The van der Waals surface area contributed by atoms with Gasteiger partial charge < -0.3 is 10.4 Å². The van der Waals surface area contributed by atoms with Crippen LogP contribution in [-0.2, 0) is 9.59 Å². The van der Waals surface area contributed by atoms with Gasteiger partial charge in [-0.3, -0.25) is 9.59 Å². The molecule has 4 nitrogen and oxygen atoms in total. The monoisotopic (exact) mass is 311 g/mol. The summed E-state index contributed by atoms with van der Waals surface area (Å²) in [7, 11) is 0. The van der Waals surface area contributed by atoms with Crippen LogP contribution in [0.1, 0.15) is 44.6 Å². The molecule has 0 aromatic heterocycles. The molecule has 1 amide bonds. The van der Waals surface area contributed by atoms with E-state index in [1.165, 1.54) is 0 Å². The van der Waals surface area contributed by atoms with E-state index >= 15 is 0 Å². The van der Waals surface area contributed by atoms with Crippen molar-refractivity contribution >= 4 is 11.9 Å². The minimum Gasteiger partial charge on any atom is -0.481 e. The number of rotatable bonds is 6. The van der Waals surface area contributed by atoms with Crippen LogP contribution in [0.2, 0.25) is 0 Å². The van der Waals surface area contributed by atoms with Crippen LogP contribution in [-0.4, -0.2) is 22.5 Å². The Kier molecular flexibility index (Phi) is 4.49. The van der Waals surface area contributed by atoms with Gasteiger partial charge in [0.15, 0.2) is 0 Å². The maximum absolute atomic E-state index is 13.7. The van der Waals surface area contributed by atoms with E-state index in [-0.39, 0.29) is 29.7 Å². The van der Waals surface area contributed by atoms with Crippen LogP contribution in [0.3, 0.4) is 0 Å². The highest BCUT2D eigenvalue weighted by Crippen LogP contribution is 2.48. The normalized spacial score (nSPS) is 20.5. The van der Waals surface area contributed by atoms with Crippen molar-refractivity contribution in [3.63, 3.8) is 0 Å². The average molecular weight is 311 g/mol. The van der Waals surface area contributed by atoms with Gasteiger partial charge in [0.05, 0.1) is 0 Å². The average Bonchev–Trinajstić information content (AvgIpc) is 3.19. The van der Waals surface area contributed by atoms with Gasteiger partial charge in [-0.1, -0.05) is 0 Å². The number of carbonyl (C=O) groups is 2. The maximum Gasteiger partial charge on any atom is 0.303 e. The summed E-state index contributed by atoms with van der Waals surface area (Å²) >= 11 is 0. The lowest BCUT2D eigenvalue weighted by Gasteiger charge is -2.25. The third-order valence-electron chi connectivity index (χ3n) is 3.91. The first-order valence-corrected chi connectivity index (χ1v) is 7.18. The first-order chi connectivity index (χ1) is 10.2. The Morgan fingerprint density at radius 1 is 1.36 bits per heavy atom. The number of hydrogen-bond acceptors (Lipinski definition) is 2. The van der Waals surface area contributed by atoms with Crippen LogP contribution < -0.4 is 5.32 Å². The van der Waals surface area contributed by atoms with E-state index in [0.717, 1.165) is 18.2 Å². The van der Waals surface area contributed by atoms with E-state index in [0.29, 0.717) is 12.8 Å². The Labute approximate surface area is 127 Å². The Bertz CT molecular complexity index is 601. The Hall–Kier alpha value is -1.98. The lowest BCUT2D eigenvalue weighted by atomic mass is 9.97. The number of benzene rings is 1. The zero-order valence-corrected chi connectivity index (χ0v) is 12.5. The molecule has 2 atom stereocenters.